The third-order valence-electron chi connectivity index (χ3n) is 4.39. The molecule has 0 saturated heterocycles. The number of nitrogens with zero attached hydrogens (tertiary/aromatic N) is 1. The lowest BCUT2D eigenvalue weighted by Crippen LogP contribution is -2.28. The summed E-state index contributed by atoms with van der Waals surface area (Å²) >= 11 is 0. The summed E-state index contributed by atoms with van der Waals surface area (Å²) in [6.07, 6.45) is 4.90. The van der Waals surface area contributed by atoms with E-state index in [9.17, 15) is 4.79 Å². The molecule has 3 rings (SSSR count). The topological polar surface area (TPSA) is 20.3 Å². The minimum absolute atomic E-state index is 0.240. The van der Waals surface area contributed by atoms with E-state index in [-0.39, 0.29) is 5.78 Å². The van der Waals surface area contributed by atoms with E-state index < -0.39 is 0 Å². The second-order valence-corrected chi connectivity index (χ2v) is 6.01. The first-order chi connectivity index (χ1) is 11.3. The number of carbonyl (C=O) groups is 1. The molecule has 118 valence electrons. The molecule has 2 heteroatoms. The molecule has 1 aliphatic heterocycles. The van der Waals surface area contributed by atoms with Crippen LogP contribution in [0.2, 0.25) is 0 Å². The molecule has 0 unspecified atom stereocenters. The molecule has 23 heavy (non-hydrogen) atoms. The van der Waals surface area contributed by atoms with Crippen LogP contribution in [0.5, 0.6) is 0 Å². The van der Waals surface area contributed by atoms with E-state index in [4.69, 9.17) is 0 Å². The number of hydrogen-bond donors (Lipinski definition) is 0. The molecule has 1 heterocycles. The Hall–Kier alpha value is -2.35. The standard InChI is InChI=1S/C21H23NO/c1-2-6-21(23)19-9-11-20(12-10-19)22-15-13-18(14-16-22)17-7-4-3-5-8-17/h3-5,7-13H,2,6,14-16H2,1H3. The van der Waals surface area contributed by atoms with Crippen molar-refractivity contribution in [1.82, 2.24) is 0 Å². The molecule has 2 aromatic rings. The number of ketones is 1. The second-order valence-electron chi connectivity index (χ2n) is 6.01. The van der Waals surface area contributed by atoms with Crippen LogP contribution in [-0.2, 0) is 0 Å². The molecular weight excluding hydrogens is 282 g/mol. The van der Waals surface area contributed by atoms with E-state index >= 15 is 0 Å². The van der Waals surface area contributed by atoms with Gasteiger partial charge in [0.1, 0.15) is 0 Å². The molecule has 0 amide bonds. The van der Waals surface area contributed by atoms with Gasteiger partial charge in [0.25, 0.3) is 0 Å². The van der Waals surface area contributed by atoms with Gasteiger partial charge in [-0.3, -0.25) is 4.79 Å². The number of hydrogen-bond acceptors (Lipinski definition) is 2. The van der Waals surface area contributed by atoms with E-state index in [2.05, 4.69) is 53.4 Å². The summed E-state index contributed by atoms with van der Waals surface area (Å²) in [5, 5.41) is 0. The normalized spacial score (nSPS) is 14.5. The highest BCUT2D eigenvalue weighted by Gasteiger charge is 2.14. The first-order valence-electron chi connectivity index (χ1n) is 8.40. The summed E-state index contributed by atoms with van der Waals surface area (Å²) in [7, 11) is 0. The maximum Gasteiger partial charge on any atom is 0.162 e. The van der Waals surface area contributed by atoms with Crippen LogP contribution in [0.4, 0.5) is 5.69 Å². The number of rotatable bonds is 5. The number of anilines is 1. The van der Waals surface area contributed by atoms with E-state index in [1.807, 2.05) is 19.1 Å². The number of carbonyl (C=O) groups excluding carboxylic acids is 1. The first kappa shape index (κ1) is 15.5. The van der Waals surface area contributed by atoms with Crippen LogP contribution in [0.25, 0.3) is 5.57 Å². The quantitative estimate of drug-likeness (QED) is 0.727. The lowest BCUT2D eigenvalue weighted by molar-refractivity contribution is 0.0982. The minimum atomic E-state index is 0.240. The van der Waals surface area contributed by atoms with Crippen LogP contribution in [-0.4, -0.2) is 18.9 Å². The Morgan fingerprint density at radius 2 is 1.78 bits per heavy atom. The Bertz CT molecular complexity index is 686. The van der Waals surface area contributed by atoms with E-state index in [1.165, 1.54) is 16.8 Å². The molecule has 0 saturated carbocycles. The first-order valence-corrected chi connectivity index (χ1v) is 8.40. The summed E-state index contributed by atoms with van der Waals surface area (Å²) in [5.41, 5.74) is 4.78. The summed E-state index contributed by atoms with van der Waals surface area (Å²) in [6, 6.07) is 18.7. The highest BCUT2D eigenvalue weighted by molar-refractivity contribution is 5.96. The maximum atomic E-state index is 11.9. The molecule has 0 atom stereocenters. The lowest BCUT2D eigenvalue weighted by atomic mass is 9.99. The third-order valence-corrected chi connectivity index (χ3v) is 4.39. The second kappa shape index (κ2) is 7.28. The number of Topliss-reactive ketones (excluding diaryl/α,β-unsaturated/α-hetero) is 1. The molecule has 0 spiro atoms. The Balaban J connectivity index is 1.68. The minimum Gasteiger partial charge on any atom is -0.367 e. The van der Waals surface area contributed by atoms with Gasteiger partial charge in [0.05, 0.1) is 0 Å². The average molecular weight is 305 g/mol. The van der Waals surface area contributed by atoms with Crippen molar-refractivity contribution in [2.45, 2.75) is 26.2 Å². The van der Waals surface area contributed by atoms with Gasteiger partial charge in [-0.25, -0.2) is 0 Å². The Morgan fingerprint density at radius 1 is 1.04 bits per heavy atom. The maximum absolute atomic E-state index is 11.9. The van der Waals surface area contributed by atoms with Crippen LogP contribution in [0.3, 0.4) is 0 Å². The van der Waals surface area contributed by atoms with Crippen molar-refractivity contribution < 1.29 is 4.79 Å². The molecule has 0 fully saturated rings. The van der Waals surface area contributed by atoms with Gasteiger partial charge in [-0.05, 0) is 48.2 Å². The zero-order chi connectivity index (χ0) is 16.1. The van der Waals surface area contributed by atoms with Crippen LogP contribution in [0.15, 0.2) is 60.7 Å². The predicted molar refractivity (Wildman–Crippen MR) is 96.9 cm³/mol. The van der Waals surface area contributed by atoms with Crippen LogP contribution in [0.1, 0.15) is 42.1 Å². The highest BCUT2D eigenvalue weighted by atomic mass is 16.1. The van der Waals surface area contributed by atoms with Gasteiger partial charge in [-0.15, -0.1) is 0 Å². The van der Waals surface area contributed by atoms with E-state index in [1.54, 1.807) is 0 Å². The van der Waals surface area contributed by atoms with Crippen molar-refractivity contribution in [3.63, 3.8) is 0 Å². The van der Waals surface area contributed by atoms with E-state index in [0.29, 0.717) is 6.42 Å². The molecule has 2 aromatic carbocycles. The number of benzene rings is 2. The monoisotopic (exact) mass is 305 g/mol. The van der Waals surface area contributed by atoms with Crippen molar-refractivity contribution in [2.24, 2.45) is 0 Å². The zero-order valence-corrected chi connectivity index (χ0v) is 13.7. The Morgan fingerprint density at radius 3 is 2.39 bits per heavy atom. The SMILES string of the molecule is CCCC(=O)c1ccc(N2CC=C(c3ccccc3)CC2)cc1. The molecule has 0 N–H and O–H groups in total. The lowest BCUT2D eigenvalue weighted by Gasteiger charge is -2.28. The Labute approximate surface area is 138 Å². The van der Waals surface area contributed by atoms with E-state index in [0.717, 1.165) is 31.5 Å². The van der Waals surface area contributed by atoms with Gasteiger partial charge in [0.15, 0.2) is 5.78 Å². The molecule has 1 aliphatic rings. The summed E-state index contributed by atoms with van der Waals surface area (Å²) in [4.78, 5) is 14.3. The van der Waals surface area contributed by atoms with Crippen LogP contribution < -0.4 is 4.90 Å². The van der Waals surface area contributed by atoms with Crippen molar-refractivity contribution >= 4 is 17.0 Å². The fourth-order valence-electron chi connectivity index (χ4n) is 3.05. The van der Waals surface area contributed by atoms with Crippen LogP contribution >= 0.6 is 0 Å². The van der Waals surface area contributed by atoms with Gasteiger partial charge >= 0.3 is 0 Å². The highest BCUT2D eigenvalue weighted by Crippen LogP contribution is 2.25. The fraction of sp³-hybridized carbons (Fsp3) is 0.286. The molecule has 2 nitrogen and oxygen atoms in total. The summed E-state index contributed by atoms with van der Waals surface area (Å²) < 4.78 is 0. The molecule has 0 bridgehead atoms. The van der Waals surface area contributed by atoms with Crippen molar-refractivity contribution in [3.05, 3.63) is 71.8 Å². The molecular formula is C21H23NO. The smallest absolute Gasteiger partial charge is 0.162 e. The Kier molecular flexibility index (Phi) is 4.92. The van der Waals surface area contributed by atoms with Crippen molar-refractivity contribution in [1.29, 1.82) is 0 Å². The van der Waals surface area contributed by atoms with Crippen LogP contribution in [0, 0.1) is 0 Å². The van der Waals surface area contributed by atoms with Crippen molar-refractivity contribution in [2.75, 3.05) is 18.0 Å². The predicted octanol–water partition coefficient (Wildman–Crippen LogP) is 4.96. The zero-order valence-electron chi connectivity index (χ0n) is 13.7. The van der Waals surface area contributed by atoms with Gasteiger partial charge in [-0.1, -0.05) is 43.3 Å². The summed E-state index contributed by atoms with van der Waals surface area (Å²) in [6.45, 7) is 3.98. The molecule has 0 aromatic heterocycles. The van der Waals surface area contributed by atoms with Gasteiger partial charge in [0, 0.05) is 30.8 Å². The third kappa shape index (κ3) is 3.70. The average Bonchev–Trinajstić information content (AvgIpc) is 2.63. The largest absolute Gasteiger partial charge is 0.367 e. The fourth-order valence-corrected chi connectivity index (χ4v) is 3.05. The molecule has 0 aliphatic carbocycles. The summed E-state index contributed by atoms with van der Waals surface area (Å²) in [5.74, 6) is 0.240. The van der Waals surface area contributed by atoms with Gasteiger partial charge in [0.2, 0.25) is 0 Å². The van der Waals surface area contributed by atoms with Gasteiger partial charge < -0.3 is 4.90 Å². The molecule has 0 radical (unpaired) electrons. The van der Waals surface area contributed by atoms with Crippen molar-refractivity contribution in [3.8, 4) is 0 Å². The van der Waals surface area contributed by atoms with Gasteiger partial charge in [-0.2, -0.15) is 0 Å².